The summed E-state index contributed by atoms with van der Waals surface area (Å²) in [7, 11) is 1.69. The predicted octanol–water partition coefficient (Wildman–Crippen LogP) is 4.03. The highest BCUT2D eigenvalue weighted by molar-refractivity contribution is 6.33. The van der Waals surface area contributed by atoms with E-state index in [2.05, 4.69) is 4.98 Å². The fraction of sp³-hybridized carbons (Fsp3) is 0.312. The molecular weight excluding hydrogens is 345 g/mol. The van der Waals surface area contributed by atoms with E-state index in [0.717, 1.165) is 12.3 Å². The Kier molecular flexibility index (Phi) is 4.45. The topological polar surface area (TPSA) is 34.6 Å². The number of anilines is 1. The van der Waals surface area contributed by atoms with Crippen LogP contribution in [0.1, 0.15) is 5.56 Å². The first-order chi connectivity index (χ1) is 11.3. The molecule has 0 spiro atoms. The molecule has 0 saturated heterocycles. The number of rotatable bonds is 3. The van der Waals surface area contributed by atoms with Crippen molar-refractivity contribution < 1.29 is 22.6 Å². The number of ether oxygens (including phenoxy) is 2. The molecule has 0 fully saturated rings. The van der Waals surface area contributed by atoms with Crippen molar-refractivity contribution in [2.24, 2.45) is 0 Å². The largest absolute Gasteiger partial charge is 0.486 e. The van der Waals surface area contributed by atoms with Gasteiger partial charge in [0.1, 0.15) is 12.4 Å². The summed E-state index contributed by atoms with van der Waals surface area (Å²) in [6.07, 6.45) is -3.99. The number of benzene rings is 1. The van der Waals surface area contributed by atoms with Crippen LogP contribution in [0.2, 0.25) is 5.02 Å². The quantitative estimate of drug-likeness (QED) is 0.829. The van der Waals surface area contributed by atoms with E-state index in [4.69, 9.17) is 21.1 Å². The number of fused-ring (bicyclic) bond motifs is 1. The molecule has 4 nitrogen and oxygen atoms in total. The first-order valence-electron chi connectivity index (χ1n) is 7.17. The minimum absolute atomic E-state index is 0.0653. The number of para-hydroxylation sites is 2. The molecule has 24 heavy (non-hydrogen) atoms. The highest BCUT2D eigenvalue weighted by Crippen LogP contribution is 2.34. The molecule has 0 bridgehead atoms. The van der Waals surface area contributed by atoms with Crippen molar-refractivity contribution in [1.29, 1.82) is 0 Å². The molecule has 8 heteroatoms. The highest BCUT2D eigenvalue weighted by Gasteiger charge is 2.32. The molecule has 1 aromatic carbocycles. The zero-order valence-corrected chi connectivity index (χ0v) is 13.4. The van der Waals surface area contributed by atoms with E-state index in [0.29, 0.717) is 24.7 Å². The minimum atomic E-state index is -4.47. The number of alkyl halides is 3. The van der Waals surface area contributed by atoms with Crippen molar-refractivity contribution in [2.45, 2.75) is 12.3 Å². The van der Waals surface area contributed by atoms with Crippen LogP contribution in [-0.4, -0.2) is 31.3 Å². The number of pyridine rings is 1. The van der Waals surface area contributed by atoms with Crippen LogP contribution in [0.3, 0.4) is 0 Å². The average Bonchev–Trinajstić information content (AvgIpc) is 2.53. The first-order valence-corrected chi connectivity index (χ1v) is 7.55. The molecule has 2 aromatic rings. The van der Waals surface area contributed by atoms with E-state index in [9.17, 15) is 13.2 Å². The van der Waals surface area contributed by atoms with Gasteiger partial charge in [-0.05, 0) is 18.2 Å². The predicted molar refractivity (Wildman–Crippen MR) is 83.9 cm³/mol. The summed E-state index contributed by atoms with van der Waals surface area (Å²) in [5.41, 5.74) is -0.879. The molecule has 3 rings (SSSR count). The Morgan fingerprint density at radius 1 is 1.29 bits per heavy atom. The van der Waals surface area contributed by atoms with Gasteiger partial charge in [-0.2, -0.15) is 13.2 Å². The zero-order valence-electron chi connectivity index (χ0n) is 12.7. The molecular formula is C16H14ClF3N2O2. The smallest absolute Gasteiger partial charge is 0.417 e. The highest BCUT2D eigenvalue weighted by atomic mass is 35.5. The zero-order chi connectivity index (χ0) is 17.3. The van der Waals surface area contributed by atoms with Gasteiger partial charge in [0.2, 0.25) is 0 Å². The van der Waals surface area contributed by atoms with Crippen molar-refractivity contribution in [3.8, 4) is 11.5 Å². The summed E-state index contributed by atoms with van der Waals surface area (Å²) >= 11 is 5.95. The van der Waals surface area contributed by atoms with Crippen LogP contribution in [0.5, 0.6) is 11.5 Å². The van der Waals surface area contributed by atoms with Gasteiger partial charge in [-0.25, -0.2) is 4.98 Å². The normalized spacial score (nSPS) is 16.8. The van der Waals surface area contributed by atoms with Crippen molar-refractivity contribution in [3.63, 3.8) is 0 Å². The van der Waals surface area contributed by atoms with Crippen molar-refractivity contribution in [3.05, 3.63) is 47.1 Å². The van der Waals surface area contributed by atoms with Crippen LogP contribution >= 0.6 is 11.6 Å². The number of halogens is 4. The van der Waals surface area contributed by atoms with Gasteiger partial charge in [0, 0.05) is 13.2 Å². The van der Waals surface area contributed by atoms with Gasteiger partial charge in [0.25, 0.3) is 0 Å². The maximum atomic E-state index is 12.7. The molecule has 128 valence electrons. The van der Waals surface area contributed by atoms with Gasteiger partial charge in [0.05, 0.1) is 17.1 Å². The van der Waals surface area contributed by atoms with E-state index in [1.54, 1.807) is 18.0 Å². The summed E-state index contributed by atoms with van der Waals surface area (Å²) < 4.78 is 49.4. The van der Waals surface area contributed by atoms with Crippen molar-refractivity contribution in [2.75, 3.05) is 25.1 Å². The molecule has 2 heterocycles. The Morgan fingerprint density at radius 3 is 2.67 bits per heavy atom. The molecule has 0 amide bonds. The molecule has 1 atom stereocenters. The summed E-state index contributed by atoms with van der Waals surface area (Å²) in [5.74, 6) is 1.56. The summed E-state index contributed by atoms with van der Waals surface area (Å²) in [4.78, 5) is 5.48. The van der Waals surface area contributed by atoms with Gasteiger partial charge in [0.15, 0.2) is 17.6 Å². The van der Waals surface area contributed by atoms with Crippen LogP contribution < -0.4 is 14.4 Å². The summed E-state index contributed by atoms with van der Waals surface area (Å²) in [5, 5.41) is -0.0653. The Morgan fingerprint density at radius 2 is 2.00 bits per heavy atom. The fourth-order valence-corrected chi connectivity index (χ4v) is 2.72. The van der Waals surface area contributed by atoms with E-state index >= 15 is 0 Å². The molecule has 1 aliphatic heterocycles. The monoisotopic (exact) mass is 358 g/mol. The fourth-order valence-electron chi connectivity index (χ4n) is 2.41. The third kappa shape index (κ3) is 3.51. The van der Waals surface area contributed by atoms with Crippen molar-refractivity contribution >= 4 is 17.4 Å². The molecule has 1 aliphatic rings. The SMILES string of the molecule is CN(CC1COc2ccccc2O1)c1ncc(C(F)(F)F)cc1Cl. The van der Waals surface area contributed by atoms with Crippen molar-refractivity contribution in [1.82, 2.24) is 4.98 Å². The first kappa shape index (κ1) is 16.7. The summed E-state index contributed by atoms with van der Waals surface area (Å²) in [6.45, 7) is 0.700. The van der Waals surface area contributed by atoms with Crippen LogP contribution in [0, 0.1) is 0 Å². The maximum Gasteiger partial charge on any atom is 0.417 e. The standard InChI is InChI=1S/C16H14ClF3N2O2/c1-22(15-12(17)6-10(7-21-15)16(18,19)20)8-11-9-23-13-4-2-3-5-14(13)24-11/h2-7,11H,8-9H2,1H3. The number of hydrogen-bond donors (Lipinski definition) is 0. The second kappa shape index (κ2) is 6.39. The van der Waals surface area contributed by atoms with Crippen LogP contribution in [0.15, 0.2) is 36.5 Å². The maximum absolute atomic E-state index is 12.7. The summed E-state index contributed by atoms with van der Waals surface area (Å²) in [6, 6.07) is 8.16. The second-order valence-electron chi connectivity index (χ2n) is 5.41. The van der Waals surface area contributed by atoms with Crippen LogP contribution in [-0.2, 0) is 6.18 Å². The second-order valence-corrected chi connectivity index (χ2v) is 5.81. The minimum Gasteiger partial charge on any atom is -0.486 e. The van der Waals surface area contributed by atoms with E-state index < -0.39 is 11.7 Å². The molecule has 0 aliphatic carbocycles. The van der Waals surface area contributed by atoms with Gasteiger partial charge < -0.3 is 14.4 Å². The lowest BCUT2D eigenvalue weighted by atomic mass is 10.2. The third-order valence-electron chi connectivity index (χ3n) is 3.56. The van der Waals surface area contributed by atoms with Gasteiger partial charge >= 0.3 is 6.18 Å². The Labute approximate surface area is 141 Å². The molecule has 1 unspecified atom stereocenters. The Bertz CT molecular complexity index is 740. The van der Waals surface area contributed by atoms with Gasteiger partial charge in [-0.15, -0.1) is 0 Å². The van der Waals surface area contributed by atoms with Crippen LogP contribution in [0.4, 0.5) is 19.0 Å². The van der Waals surface area contributed by atoms with Gasteiger partial charge in [-0.1, -0.05) is 23.7 Å². The molecule has 1 aromatic heterocycles. The Hall–Kier alpha value is -2.15. The lowest BCUT2D eigenvalue weighted by molar-refractivity contribution is -0.137. The third-order valence-corrected chi connectivity index (χ3v) is 3.83. The molecule has 0 N–H and O–H groups in total. The molecule has 0 saturated carbocycles. The number of aromatic nitrogens is 1. The van der Waals surface area contributed by atoms with Crippen LogP contribution in [0.25, 0.3) is 0 Å². The van der Waals surface area contributed by atoms with Gasteiger partial charge in [-0.3, -0.25) is 0 Å². The number of hydrogen-bond acceptors (Lipinski definition) is 4. The van der Waals surface area contributed by atoms with E-state index in [1.807, 2.05) is 18.2 Å². The number of likely N-dealkylation sites (N-methyl/N-ethyl adjacent to an activating group) is 1. The lowest BCUT2D eigenvalue weighted by Gasteiger charge is -2.30. The lowest BCUT2D eigenvalue weighted by Crippen LogP contribution is -2.39. The average molecular weight is 359 g/mol. The Balaban J connectivity index is 1.71. The number of nitrogens with zero attached hydrogens (tertiary/aromatic N) is 2. The molecule has 0 radical (unpaired) electrons. The van der Waals surface area contributed by atoms with E-state index in [-0.39, 0.29) is 16.9 Å². The van der Waals surface area contributed by atoms with E-state index in [1.165, 1.54) is 0 Å².